The van der Waals surface area contributed by atoms with Crippen molar-refractivity contribution in [3.63, 3.8) is 0 Å². The summed E-state index contributed by atoms with van der Waals surface area (Å²) in [5, 5.41) is 13.7. The molecule has 5 nitrogen and oxygen atoms in total. The van der Waals surface area contributed by atoms with Crippen LogP contribution in [0.1, 0.15) is 43.8 Å². The molecule has 2 aromatic rings. The maximum Gasteiger partial charge on any atom is 0.238 e. The van der Waals surface area contributed by atoms with Crippen LogP contribution in [-0.4, -0.2) is 48.6 Å². The fraction of sp³-hybridized carbons (Fsp3) is 0.480. The highest BCUT2D eigenvalue weighted by Crippen LogP contribution is 2.30. The molecule has 0 spiro atoms. The second-order valence-electron chi connectivity index (χ2n) is 8.61. The minimum Gasteiger partial charge on any atom is -0.388 e. The maximum atomic E-state index is 12.5. The van der Waals surface area contributed by atoms with Crippen LogP contribution in [-0.2, 0) is 4.79 Å². The Hall–Kier alpha value is -2.37. The van der Waals surface area contributed by atoms with E-state index in [1.807, 2.05) is 42.5 Å². The Morgan fingerprint density at radius 1 is 0.933 bits per heavy atom. The number of aliphatic hydroxyl groups excluding tert-OH is 1. The Kier molecular flexibility index (Phi) is 7.03. The van der Waals surface area contributed by atoms with Gasteiger partial charge in [0.15, 0.2) is 0 Å². The summed E-state index contributed by atoms with van der Waals surface area (Å²) in [5.41, 5.74) is 3.09. The third-order valence-corrected chi connectivity index (χ3v) is 6.46. The van der Waals surface area contributed by atoms with Gasteiger partial charge in [-0.1, -0.05) is 30.3 Å². The lowest BCUT2D eigenvalue weighted by molar-refractivity contribution is -0.117. The Morgan fingerprint density at radius 2 is 1.60 bits per heavy atom. The van der Waals surface area contributed by atoms with Crippen molar-refractivity contribution in [2.75, 3.05) is 42.9 Å². The molecule has 2 N–H and O–H groups in total. The average Bonchev–Trinajstić information content (AvgIpc) is 2.81. The van der Waals surface area contributed by atoms with Gasteiger partial charge >= 0.3 is 0 Å². The van der Waals surface area contributed by atoms with Crippen molar-refractivity contribution < 1.29 is 9.90 Å². The smallest absolute Gasteiger partial charge is 0.238 e. The van der Waals surface area contributed by atoms with Gasteiger partial charge in [-0.2, -0.15) is 0 Å². The zero-order valence-electron chi connectivity index (χ0n) is 17.7. The molecule has 2 aliphatic rings. The number of hydrogen-bond donors (Lipinski definition) is 2. The lowest BCUT2D eigenvalue weighted by Gasteiger charge is -2.34. The van der Waals surface area contributed by atoms with Crippen LogP contribution in [0.25, 0.3) is 0 Å². The fourth-order valence-electron chi connectivity index (χ4n) is 4.66. The second-order valence-corrected chi connectivity index (χ2v) is 8.61. The van der Waals surface area contributed by atoms with Gasteiger partial charge in [-0.15, -0.1) is 0 Å². The molecule has 5 heteroatoms. The van der Waals surface area contributed by atoms with E-state index in [-0.39, 0.29) is 11.8 Å². The van der Waals surface area contributed by atoms with E-state index in [4.69, 9.17) is 0 Å². The first kappa shape index (κ1) is 20.9. The zero-order valence-corrected chi connectivity index (χ0v) is 17.7. The number of carbonyl (C=O) groups is 1. The third-order valence-electron chi connectivity index (χ3n) is 6.46. The summed E-state index contributed by atoms with van der Waals surface area (Å²) >= 11 is 0. The standard InChI is InChI=1S/C25H33N3O2/c29-24(26-22-9-11-23(12-10-22)28-15-5-2-6-16-28)19-27-17-13-21(14-18-27)25(30)20-7-3-1-4-8-20/h1,3-4,7-12,21,25,30H,2,5-6,13-19H2,(H,26,29). The monoisotopic (exact) mass is 407 g/mol. The third kappa shape index (κ3) is 5.41. The number of nitrogens with zero attached hydrogens (tertiary/aromatic N) is 2. The molecular formula is C25H33N3O2. The largest absolute Gasteiger partial charge is 0.388 e. The molecule has 0 saturated carbocycles. The van der Waals surface area contributed by atoms with Gasteiger partial charge in [0, 0.05) is 24.5 Å². The Morgan fingerprint density at radius 3 is 2.27 bits per heavy atom. The van der Waals surface area contributed by atoms with Gasteiger partial charge in [-0.05, 0) is 80.9 Å². The molecule has 160 valence electrons. The van der Waals surface area contributed by atoms with E-state index >= 15 is 0 Å². The van der Waals surface area contributed by atoms with Crippen molar-refractivity contribution in [1.29, 1.82) is 0 Å². The Labute approximate surface area is 179 Å². The molecule has 0 aliphatic carbocycles. The molecule has 1 amide bonds. The molecule has 0 radical (unpaired) electrons. The number of nitrogens with one attached hydrogen (secondary N) is 1. The van der Waals surface area contributed by atoms with E-state index in [0.29, 0.717) is 6.54 Å². The molecule has 30 heavy (non-hydrogen) atoms. The molecule has 2 aliphatic heterocycles. The molecular weight excluding hydrogens is 374 g/mol. The fourth-order valence-corrected chi connectivity index (χ4v) is 4.66. The first-order valence-corrected chi connectivity index (χ1v) is 11.3. The van der Waals surface area contributed by atoms with Crippen molar-refractivity contribution >= 4 is 17.3 Å². The number of rotatable bonds is 6. The normalized spacial score (nSPS) is 19.4. The highest BCUT2D eigenvalue weighted by molar-refractivity contribution is 5.92. The van der Waals surface area contributed by atoms with Crippen molar-refractivity contribution in [2.45, 2.75) is 38.2 Å². The number of likely N-dealkylation sites (tertiary alicyclic amines) is 1. The second kappa shape index (κ2) is 10.1. The summed E-state index contributed by atoms with van der Waals surface area (Å²) in [7, 11) is 0. The van der Waals surface area contributed by atoms with Crippen LogP contribution in [0, 0.1) is 5.92 Å². The predicted octanol–water partition coefficient (Wildman–Crippen LogP) is 4.06. The highest BCUT2D eigenvalue weighted by Gasteiger charge is 2.27. The zero-order chi connectivity index (χ0) is 20.8. The average molecular weight is 408 g/mol. The topological polar surface area (TPSA) is 55.8 Å². The molecule has 1 unspecified atom stereocenters. The number of aliphatic hydroxyl groups is 1. The van der Waals surface area contributed by atoms with Crippen molar-refractivity contribution in [3.05, 3.63) is 60.2 Å². The molecule has 0 aromatic heterocycles. The lowest BCUT2D eigenvalue weighted by atomic mass is 9.87. The van der Waals surface area contributed by atoms with Crippen LogP contribution < -0.4 is 10.2 Å². The van der Waals surface area contributed by atoms with Gasteiger partial charge in [0.05, 0.1) is 12.6 Å². The number of piperidine rings is 2. The number of hydrogen-bond acceptors (Lipinski definition) is 4. The van der Waals surface area contributed by atoms with E-state index in [0.717, 1.165) is 50.3 Å². The molecule has 2 saturated heterocycles. The van der Waals surface area contributed by atoms with Crippen LogP contribution >= 0.6 is 0 Å². The van der Waals surface area contributed by atoms with Crippen LogP contribution in [0.3, 0.4) is 0 Å². The summed E-state index contributed by atoms with van der Waals surface area (Å²) < 4.78 is 0. The SMILES string of the molecule is O=C(CN1CCC(C(O)c2ccccc2)CC1)Nc1ccc(N2CCCCC2)cc1. The summed E-state index contributed by atoms with van der Waals surface area (Å²) in [5.74, 6) is 0.289. The Bertz CT molecular complexity index is 795. The van der Waals surface area contributed by atoms with Gasteiger partial charge < -0.3 is 15.3 Å². The maximum absolute atomic E-state index is 12.5. The summed E-state index contributed by atoms with van der Waals surface area (Å²) in [6, 6.07) is 18.1. The van der Waals surface area contributed by atoms with Gasteiger partial charge in [-0.25, -0.2) is 0 Å². The molecule has 1 atom stereocenters. The molecule has 0 bridgehead atoms. The van der Waals surface area contributed by atoms with E-state index in [1.165, 1.54) is 24.9 Å². The van der Waals surface area contributed by atoms with Crippen LogP contribution in [0.15, 0.2) is 54.6 Å². The number of amides is 1. The van der Waals surface area contributed by atoms with Gasteiger partial charge in [0.1, 0.15) is 0 Å². The molecule has 2 aromatic carbocycles. The first-order chi connectivity index (χ1) is 14.7. The summed E-state index contributed by atoms with van der Waals surface area (Å²) in [6.45, 7) is 4.34. The number of anilines is 2. The minimum atomic E-state index is -0.416. The summed E-state index contributed by atoms with van der Waals surface area (Å²) in [6.07, 6.45) is 5.25. The van der Waals surface area contributed by atoms with Crippen molar-refractivity contribution in [3.8, 4) is 0 Å². The van der Waals surface area contributed by atoms with Crippen LogP contribution in [0.4, 0.5) is 11.4 Å². The van der Waals surface area contributed by atoms with Gasteiger partial charge in [0.25, 0.3) is 0 Å². The van der Waals surface area contributed by atoms with E-state index in [9.17, 15) is 9.90 Å². The van der Waals surface area contributed by atoms with Gasteiger partial charge in [0.2, 0.25) is 5.91 Å². The van der Waals surface area contributed by atoms with Gasteiger partial charge in [-0.3, -0.25) is 9.69 Å². The van der Waals surface area contributed by atoms with Crippen LogP contribution in [0.2, 0.25) is 0 Å². The van der Waals surface area contributed by atoms with Crippen molar-refractivity contribution in [1.82, 2.24) is 4.90 Å². The van der Waals surface area contributed by atoms with E-state index in [2.05, 4.69) is 27.2 Å². The minimum absolute atomic E-state index is 0.0304. The highest BCUT2D eigenvalue weighted by atomic mass is 16.3. The quantitative estimate of drug-likeness (QED) is 0.758. The van der Waals surface area contributed by atoms with E-state index in [1.54, 1.807) is 0 Å². The number of benzene rings is 2. The Balaban J connectivity index is 1.22. The number of carbonyl (C=O) groups excluding carboxylic acids is 1. The predicted molar refractivity (Wildman–Crippen MR) is 122 cm³/mol. The first-order valence-electron chi connectivity index (χ1n) is 11.3. The van der Waals surface area contributed by atoms with E-state index < -0.39 is 6.10 Å². The molecule has 4 rings (SSSR count). The molecule has 2 heterocycles. The van der Waals surface area contributed by atoms with Crippen LogP contribution in [0.5, 0.6) is 0 Å². The molecule has 2 fully saturated rings. The summed E-state index contributed by atoms with van der Waals surface area (Å²) in [4.78, 5) is 17.1. The van der Waals surface area contributed by atoms with Crippen molar-refractivity contribution in [2.24, 2.45) is 5.92 Å². The lowest BCUT2D eigenvalue weighted by Crippen LogP contribution is -2.40.